The molecule has 0 bridgehead atoms. The van der Waals surface area contributed by atoms with Gasteiger partial charge in [-0.2, -0.15) is 0 Å². The molecule has 0 atom stereocenters. The van der Waals surface area contributed by atoms with E-state index in [1.807, 2.05) is 12.1 Å². The van der Waals surface area contributed by atoms with Gasteiger partial charge >= 0.3 is 0 Å². The number of hydrogen-bond acceptors (Lipinski definition) is 1. The van der Waals surface area contributed by atoms with Gasteiger partial charge in [0.15, 0.2) is 0 Å². The highest BCUT2D eigenvalue weighted by atomic mass is 35.5. The molecule has 1 N–H and O–H groups in total. The molecule has 0 radical (unpaired) electrons. The third-order valence-corrected chi connectivity index (χ3v) is 5.25. The average molecular weight is 298 g/mol. The molecule has 2 aliphatic carbocycles. The van der Waals surface area contributed by atoms with Gasteiger partial charge in [-0.05, 0) is 60.4 Å². The van der Waals surface area contributed by atoms with E-state index in [4.69, 9.17) is 11.6 Å². The Morgan fingerprint density at radius 3 is 2.05 bits per heavy atom. The van der Waals surface area contributed by atoms with Crippen molar-refractivity contribution < 1.29 is 0 Å². The van der Waals surface area contributed by atoms with Gasteiger partial charge in [-0.1, -0.05) is 48.0 Å². The van der Waals surface area contributed by atoms with Gasteiger partial charge in [0.1, 0.15) is 0 Å². The summed E-state index contributed by atoms with van der Waals surface area (Å²) in [5, 5.41) is 4.68. The quantitative estimate of drug-likeness (QED) is 0.888. The van der Waals surface area contributed by atoms with E-state index < -0.39 is 0 Å². The predicted molar refractivity (Wildman–Crippen MR) is 88.0 cm³/mol. The number of nitrogens with one attached hydrogen (secondary N) is 1. The van der Waals surface area contributed by atoms with Gasteiger partial charge in [0.25, 0.3) is 0 Å². The van der Waals surface area contributed by atoms with E-state index in [-0.39, 0.29) is 0 Å². The van der Waals surface area contributed by atoms with Crippen molar-refractivity contribution in [2.24, 2.45) is 0 Å². The largest absolute Gasteiger partial charge is 0.311 e. The smallest absolute Gasteiger partial charge is 0.0406 e. The van der Waals surface area contributed by atoms with Crippen molar-refractivity contribution in [3.63, 3.8) is 0 Å². The topological polar surface area (TPSA) is 12.0 Å². The lowest BCUT2D eigenvalue weighted by atomic mass is 9.75. The maximum Gasteiger partial charge on any atom is 0.0406 e. The first-order chi connectivity index (χ1) is 10.3. The molecule has 2 aliphatic rings. The molecule has 0 aliphatic heterocycles. The molecule has 0 amide bonds. The van der Waals surface area contributed by atoms with Crippen LogP contribution in [0, 0.1) is 0 Å². The highest BCUT2D eigenvalue weighted by Crippen LogP contribution is 2.38. The Morgan fingerprint density at radius 1 is 0.810 bits per heavy atom. The fraction of sp³-hybridized carbons (Fsp3) is 0.368. The van der Waals surface area contributed by atoms with Crippen LogP contribution in [-0.2, 0) is 12.8 Å². The zero-order valence-corrected chi connectivity index (χ0v) is 12.8. The van der Waals surface area contributed by atoms with Crippen LogP contribution in [0.5, 0.6) is 0 Å². The highest BCUT2D eigenvalue weighted by molar-refractivity contribution is 6.30. The molecule has 1 nitrogen and oxygen atoms in total. The molecular weight excluding hydrogens is 278 g/mol. The van der Waals surface area contributed by atoms with Crippen molar-refractivity contribution in [3.8, 4) is 0 Å². The van der Waals surface area contributed by atoms with E-state index in [9.17, 15) is 0 Å². The lowest BCUT2D eigenvalue weighted by Gasteiger charge is -2.38. The summed E-state index contributed by atoms with van der Waals surface area (Å²) in [7, 11) is 0. The maximum absolute atomic E-state index is 5.95. The Bertz CT molecular complexity index is 603. The van der Waals surface area contributed by atoms with Crippen LogP contribution in [0.25, 0.3) is 0 Å². The molecule has 2 aromatic rings. The van der Waals surface area contributed by atoms with Crippen molar-refractivity contribution in [2.75, 3.05) is 0 Å². The standard InChI is InChI=1S/C19H20ClN/c20-17-7-5-13(6-8-17)16-11-19(12-16)21-18-9-14-3-1-2-4-15(14)10-18/h1-8,16,18-19,21H,9-12H2. The molecule has 2 heteroatoms. The lowest BCUT2D eigenvalue weighted by Crippen LogP contribution is -2.45. The highest BCUT2D eigenvalue weighted by Gasteiger charge is 2.33. The Morgan fingerprint density at radius 2 is 1.43 bits per heavy atom. The molecule has 0 spiro atoms. The van der Waals surface area contributed by atoms with Crippen LogP contribution in [0.4, 0.5) is 0 Å². The van der Waals surface area contributed by atoms with Gasteiger partial charge in [-0.25, -0.2) is 0 Å². The molecule has 0 heterocycles. The SMILES string of the molecule is Clc1ccc(C2CC(NC3Cc4ccccc4C3)C2)cc1. The average Bonchev–Trinajstić information content (AvgIpc) is 2.86. The summed E-state index contributed by atoms with van der Waals surface area (Å²) >= 11 is 5.95. The van der Waals surface area contributed by atoms with Crippen molar-refractivity contribution in [1.82, 2.24) is 5.32 Å². The lowest BCUT2D eigenvalue weighted by molar-refractivity contribution is 0.266. The Balaban J connectivity index is 1.31. The van der Waals surface area contributed by atoms with E-state index in [1.54, 1.807) is 0 Å². The van der Waals surface area contributed by atoms with Crippen molar-refractivity contribution in [1.29, 1.82) is 0 Å². The zero-order chi connectivity index (χ0) is 14.2. The fourth-order valence-corrected chi connectivity index (χ4v) is 3.90. The minimum absolute atomic E-state index is 0.638. The molecular formula is C19H20ClN. The number of rotatable bonds is 3. The van der Waals surface area contributed by atoms with Gasteiger partial charge in [0.05, 0.1) is 0 Å². The third kappa shape index (κ3) is 2.73. The molecule has 21 heavy (non-hydrogen) atoms. The Hall–Kier alpha value is -1.31. The summed E-state index contributed by atoms with van der Waals surface area (Å²) < 4.78 is 0. The van der Waals surface area contributed by atoms with Crippen LogP contribution >= 0.6 is 11.6 Å². The van der Waals surface area contributed by atoms with Crippen LogP contribution in [0.2, 0.25) is 5.02 Å². The van der Waals surface area contributed by atoms with Crippen molar-refractivity contribution >= 4 is 11.6 Å². The molecule has 1 saturated carbocycles. The van der Waals surface area contributed by atoms with Gasteiger partial charge in [0.2, 0.25) is 0 Å². The third-order valence-electron chi connectivity index (χ3n) is 5.00. The minimum atomic E-state index is 0.638. The van der Waals surface area contributed by atoms with Crippen LogP contribution in [0.15, 0.2) is 48.5 Å². The molecule has 108 valence electrons. The summed E-state index contributed by atoms with van der Waals surface area (Å²) in [4.78, 5) is 0. The van der Waals surface area contributed by atoms with E-state index in [1.165, 1.54) is 42.4 Å². The molecule has 1 fully saturated rings. The second-order valence-electron chi connectivity index (χ2n) is 6.46. The predicted octanol–water partition coefficient (Wildman–Crippen LogP) is 4.34. The maximum atomic E-state index is 5.95. The number of benzene rings is 2. The van der Waals surface area contributed by atoms with Gasteiger partial charge in [-0.3, -0.25) is 0 Å². The molecule has 2 aromatic carbocycles. The summed E-state index contributed by atoms with van der Waals surface area (Å²) in [6.07, 6.45) is 4.90. The Kier molecular flexibility index (Phi) is 3.48. The first-order valence-electron chi connectivity index (χ1n) is 7.86. The van der Waals surface area contributed by atoms with Crippen molar-refractivity contribution in [2.45, 2.75) is 43.7 Å². The molecule has 0 saturated heterocycles. The summed E-state index contributed by atoms with van der Waals surface area (Å²) in [5.41, 5.74) is 4.50. The first kappa shape index (κ1) is 13.4. The number of fused-ring (bicyclic) bond motifs is 1. The van der Waals surface area contributed by atoms with Gasteiger partial charge in [-0.15, -0.1) is 0 Å². The summed E-state index contributed by atoms with van der Waals surface area (Å²) in [6, 6.07) is 18.5. The monoisotopic (exact) mass is 297 g/mol. The molecule has 0 unspecified atom stereocenters. The minimum Gasteiger partial charge on any atom is -0.311 e. The normalized spacial score (nSPS) is 24.6. The molecule has 0 aromatic heterocycles. The van der Waals surface area contributed by atoms with Gasteiger partial charge in [0, 0.05) is 17.1 Å². The van der Waals surface area contributed by atoms with E-state index in [0.29, 0.717) is 18.0 Å². The molecule has 4 rings (SSSR count). The van der Waals surface area contributed by atoms with E-state index >= 15 is 0 Å². The fourth-order valence-electron chi connectivity index (χ4n) is 3.77. The van der Waals surface area contributed by atoms with Crippen LogP contribution in [-0.4, -0.2) is 12.1 Å². The van der Waals surface area contributed by atoms with E-state index in [2.05, 4.69) is 41.7 Å². The Labute approximate surface area is 131 Å². The van der Waals surface area contributed by atoms with E-state index in [0.717, 1.165) is 5.02 Å². The van der Waals surface area contributed by atoms with Crippen LogP contribution in [0.1, 0.15) is 35.4 Å². The first-order valence-corrected chi connectivity index (χ1v) is 8.24. The second-order valence-corrected chi connectivity index (χ2v) is 6.89. The zero-order valence-electron chi connectivity index (χ0n) is 12.1. The van der Waals surface area contributed by atoms with Crippen LogP contribution in [0.3, 0.4) is 0 Å². The van der Waals surface area contributed by atoms with Crippen molar-refractivity contribution in [3.05, 3.63) is 70.2 Å². The van der Waals surface area contributed by atoms with Gasteiger partial charge < -0.3 is 5.32 Å². The number of halogens is 1. The number of hydrogen-bond donors (Lipinski definition) is 1. The summed E-state index contributed by atoms with van der Waals surface area (Å²) in [6.45, 7) is 0. The van der Waals surface area contributed by atoms with Crippen LogP contribution < -0.4 is 5.32 Å². The second kappa shape index (κ2) is 5.47. The summed E-state index contributed by atoms with van der Waals surface area (Å²) in [5.74, 6) is 0.712.